The van der Waals surface area contributed by atoms with E-state index in [4.69, 9.17) is 5.73 Å². The number of piperazine rings is 1. The number of aromatic nitrogens is 2. The lowest BCUT2D eigenvalue weighted by Gasteiger charge is -2.42. The van der Waals surface area contributed by atoms with Crippen molar-refractivity contribution in [1.29, 1.82) is 0 Å². The number of rotatable bonds is 6. The molecule has 0 saturated carbocycles. The molecule has 3 aromatic rings. The Morgan fingerprint density at radius 3 is 2.59 bits per heavy atom. The summed E-state index contributed by atoms with van der Waals surface area (Å²) in [6.45, 7) is 2.21. The summed E-state index contributed by atoms with van der Waals surface area (Å²) in [6.07, 6.45) is 2.88. The van der Waals surface area contributed by atoms with Crippen molar-refractivity contribution in [2.75, 3.05) is 29.0 Å². The lowest BCUT2D eigenvalue weighted by molar-refractivity contribution is -0.133. The van der Waals surface area contributed by atoms with E-state index in [-0.39, 0.29) is 35.2 Å². The van der Waals surface area contributed by atoms with E-state index in [2.05, 4.69) is 36.7 Å². The van der Waals surface area contributed by atoms with Crippen molar-refractivity contribution in [3.8, 4) is 17.0 Å². The Kier molecular flexibility index (Phi) is 6.51. The third-order valence-electron chi connectivity index (χ3n) is 7.95. The minimum atomic E-state index is -0.470. The summed E-state index contributed by atoms with van der Waals surface area (Å²) in [5, 5.41) is 24.2. The molecule has 3 saturated heterocycles. The number of nitrogens with zero attached hydrogens (tertiary/aromatic N) is 4. The molecule has 0 spiro atoms. The highest BCUT2D eigenvalue weighted by molar-refractivity contribution is 6.01. The Bertz CT molecular complexity index is 1420. The van der Waals surface area contributed by atoms with Crippen LogP contribution < -0.4 is 21.3 Å². The van der Waals surface area contributed by atoms with Crippen LogP contribution in [0.2, 0.25) is 0 Å². The third-order valence-corrected chi connectivity index (χ3v) is 7.95. The van der Waals surface area contributed by atoms with Crippen LogP contribution in [0.15, 0.2) is 48.5 Å². The summed E-state index contributed by atoms with van der Waals surface area (Å²) in [6, 6.07) is 13.6. The maximum Gasteiger partial charge on any atom is 0.249 e. The molecule has 3 fully saturated rings. The number of benzene rings is 2. The van der Waals surface area contributed by atoms with Crippen LogP contribution in [0.4, 0.5) is 21.6 Å². The lowest BCUT2D eigenvalue weighted by Crippen LogP contribution is -2.53. The SMILES string of the molecule is Nc1nnc(-c2cc(F)ccc2O)cc1N1CC2CCC(C1)N2Cc1ccccc1NC1CCC(=O)NC1=O. The zero-order chi connectivity index (χ0) is 27.1. The van der Waals surface area contributed by atoms with Crippen molar-refractivity contribution in [1.82, 2.24) is 20.4 Å². The van der Waals surface area contributed by atoms with Gasteiger partial charge in [0.1, 0.15) is 17.6 Å². The summed E-state index contributed by atoms with van der Waals surface area (Å²) in [4.78, 5) is 28.6. The van der Waals surface area contributed by atoms with Gasteiger partial charge in [-0.25, -0.2) is 4.39 Å². The first-order valence-corrected chi connectivity index (χ1v) is 13.2. The summed E-state index contributed by atoms with van der Waals surface area (Å²) in [5.41, 5.74) is 9.59. The highest BCUT2D eigenvalue weighted by atomic mass is 19.1. The minimum Gasteiger partial charge on any atom is -0.507 e. The summed E-state index contributed by atoms with van der Waals surface area (Å²) in [5.74, 6) is -0.769. The first-order chi connectivity index (χ1) is 18.9. The average molecular weight is 532 g/mol. The van der Waals surface area contributed by atoms with Crippen LogP contribution in [-0.4, -0.2) is 63.2 Å². The van der Waals surface area contributed by atoms with Crippen molar-refractivity contribution in [3.05, 3.63) is 59.9 Å². The number of para-hydroxylation sites is 1. The number of nitrogens with two attached hydrogens (primary N) is 1. The molecule has 202 valence electrons. The van der Waals surface area contributed by atoms with E-state index in [1.165, 1.54) is 18.2 Å². The highest BCUT2D eigenvalue weighted by Gasteiger charge is 2.41. The van der Waals surface area contributed by atoms with E-state index in [1.54, 1.807) is 6.07 Å². The number of halogens is 1. The van der Waals surface area contributed by atoms with Crippen molar-refractivity contribution >= 4 is 29.0 Å². The van der Waals surface area contributed by atoms with E-state index in [9.17, 15) is 19.1 Å². The van der Waals surface area contributed by atoms with Crippen LogP contribution in [0, 0.1) is 5.82 Å². The quantitative estimate of drug-likeness (QED) is 0.354. The molecule has 3 aliphatic rings. The number of nitrogens with one attached hydrogen (secondary N) is 2. The van der Waals surface area contributed by atoms with Crippen LogP contribution in [-0.2, 0) is 16.1 Å². The van der Waals surface area contributed by atoms with Gasteiger partial charge in [0.05, 0.1) is 11.4 Å². The van der Waals surface area contributed by atoms with Crippen molar-refractivity contribution < 1.29 is 19.1 Å². The van der Waals surface area contributed by atoms with Gasteiger partial charge >= 0.3 is 0 Å². The molecular formula is C28H30FN7O3. The molecule has 6 rings (SSSR count). The number of hydrogen-bond acceptors (Lipinski definition) is 9. The van der Waals surface area contributed by atoms with E-state index >= 15 is 0 Å². The van der Waals surface area contributed by atoms with Gasteiger partial charge in [0.2, 0.25) is 11.8 Å². The molecule has 39 heavy (non-hydrogen) atoms. The number of aromatic hydroxyl groups is 1. The number of imide groups is 1. The second-order valence-corrected chi connectivity index (χ2v) is 10.4. The molecule has 0 radical (unpaired) electrons. The van der Waals surface area contributed by atoms with Gasteiger partial charge in [-0.1, -0.05) is 18.2 Å². The largest absolute Gasteiger partial charge is 0.507 e. The predicted octanol–water partition coefficient (Wildman–Crippen LogP) is 2.64. The number of carbonyl (C=O) groups is 2. The van der Waals surface area contributed by atoms with Crippen molar-refractivity contribution in [3.63, 3.8) is 0 Å². The van der Waals surface area contributed by atoms with Gasteiger partial charge in [0.15, 0.2) is 5.82 Å². The Hall–Kier alpha value is -4.25. The van der Waals surface area contributed by atoms with Crippen LogP contribution in [0.1, 0.15) is 31.2 Å². The lowest BCUT2D eigenvalue weighted by atomic mass is 10.0. The van der Waals surface area contributed by atoms with Crippen LogP contribution in [0.5, 0.6) is 5.75 Å². The number of piperidine rings is 1. The Morgan fingerprint density at radius 1 is 1.05 bits per heavy atom. The smallest absolute Gasteiger partial charge is 0.249 e. The van der Waals surface area contributed by atoms with Crippen LogP contribution in [0.3, 0.4) is 0 Å². The van der Waals surface area contributed by atoms with Crippen LogP contribution >= 0.6 is 0 Å². The van der Waals surface area contributed by atoms with E-state index in [1.807, 2.05) is 18.2 Å². The highest BCUT2D eigenvalue weighted by Crippen LogP contribution is 2.38. The fourth-order valence-corrected chi connectivity index (χ4v) is 5.95. The van der Waals surface area contributed by atoms with Gasteiger partial charge in [-0.2, -0.15) is 0 Å². The predicted molar refractivity (Wildman–Crippen MR) is 144 cm³/mol. The number of fused-ring (bicyclic) bond motifs is 2. The normalized spacial score (nSPS) is 23.1. The fourth-order valence-electron chi connectivity index (χ4n) is 5.95. The van der Waals surface area contributed by atoms with E-state index in [0.29, 0.717) is 24.4 Å². The second kappa shape index (κ2) is 10.1. The molecule has 3 atom stereocenters. The van der Waals surface area contributed by atoms with Crippen molar-refractivity contribution in [2.45, 2.75) is 50.4 Å². The standard InChI is InChI=1S/C28H30FN7O3/c29-17-5-9-25(37)20(11-17)23-12-24(27(30)34-33-23)35-14-18-6-7-19(15-35)36(18)13-16-3-1-2-4-21(16)31-22-8-10-26(38)32-28(22)39/h1-5,9,11-12,18-19,22,31,37H,6-8,10,13-15H2,(H2,30,34)(H,32,38,39). The molecule has 2 aromatic carbocycles. The number of carbonyl (C=O) groups excluding carboxylic acids is 2. The first kappa shape index (κ1) is 25.1. The van der Waals surface area contributed by atoms with Crippen LogP contribution in [0.25, 0.3) is 11.3 Å². The summed E-state index contributed by atoms with van der Waals surface area (Å²) in [7, 11) is 0. The Morgan fingerprint density at radius 2 is 1.82 bits per heavy atom. The number of phenolic OH excluding ortho intramolecular Hbond substituents is 1. The topological polar surface area (TPSA) is 137 Å². The van der Waals surface area contributed by atoms with E-state index in [0.717, 1.165) is 49.4 Å². The molecule has 10 nitrogen and oxygen atoms in total. The minimum absolute atomic E-state index is 0.0732. The molecule has 2 amide bonds. The monoisotopic (exact) mass is 531 g/mol. The molecule has 11 heteroatoms. The van der Waals surface area contributed by atoms with Gasteiger partial charge in [-0.15, -0.1) is 10.2 Å². The molecule has 1 aromatic heterocycles. The van der Waals surface area contributed by atoms with Gasteiger partial charge < -0.3 is 21.1 Å². The third kappa shape index (κ3) is 4.97. The second-order valence-electron chi connectivity index (χ2n) is 10.4. The summed E-state index contributed by atoms with van der Waals surface area (Å²) >= 11 is 0. The summed E-state index contributed by atoms with van der Waals surface area (Å²) < 4.78 is 13.9. The molecule has 5 N–H and O–H groups in total. The molecule has 4 heterocycles. The van der Waals surface area contributed by atoms with Crippen molar-refractivity contribution in [2.24, 2.45) is 0 Å². The number of anilines is 3. The zero-order valence-electron chi connectivity index (χ0n) is 21.3. The number of amides is 2. The maximum absolute atomic E-state index is 13.9. The molecule has 3 aliphatic heterocycles. The van der Waals surface area contributed by atoms with Gasteiger partial charge in [0.25, 0.3) is 0 Å². The fraction of sp³-hybridized carbons (Fsp3) is 0.357. The molecule has 3 unspecified atom stereocenters. The zero-order valence-corrected chi connectivity index (χ0v) is 21.3. The van der Waals surface area contributed by atoms with Gasteiger partial charge in [-0.3, -0.25) is 19.8 Å². The number of phenols is 1. The van der Waals surface area contributed by atoms with E-state index < -0.39 is 11.9 Å². The molecule has 2 bridgehead atoms. The number of nitrogen functional groups attached to an aromatic ring is 1. The average Bonchev–Trinajstić information content (AvgIpc) is 3.14. The molecule has 0 aliphatic carbocycles. The number of hydrogen-bond donors (Lipinski definition) is 4. The van der Waals surface area contributed by atoms with Gasteiger partial charge in [0, 0.05) is 49.4 Å². The maximum atomic E-state index is 13.9. The Labute approximate surface area is 225 Å². The Balaban J connectivity index is 1.19. The van der Waals surface area contributed by atoms with Gasteiger partial charge in [-0.05, 0) is 55.2 Å². The molecular weight excluding hydrogens is 501 g/mol. The first-order valence-electron chi connectivity index (χ1n) is 13.2.